The summed E-state index contributed by atoms with van der Waals surface area (Å²) in [5.41, 5.74) is 2.00. The van der Waals surface area contributed by atoms with Crippen molar-refractivity contribution in [2.24, 2.45) is 0 Å². The molecular weight excluding hydrogens is 442 g/mol. The van der Waals surface area contributed by atoms with Crippen molar-refractivity contribution in [2.75, 3.05) is 18.4 Å². The number of carboxylic acids is 1. The van der Waals surface area contributed by atoms with Crippen LogP contribution in [0.5, 0.6) is 5.75 Å². The lowest BCUT2D eigenvalue weighted by atomic mass is 10.1. The molecule has 2 heterocycles. The van der Waals surface area contributed by atoms with Crippen molar-refractivity contribution in [1.82, 2.24) is 8.87 Å². The lowest BCUT2D eigenvalue weighted by molar-refractivity contribution is 0.0694. The zero-order valence-electron chi connectivity index (χ0n) is 16.6. The highest BCUT2D eigenvalue weighted by atomic mass is 35.5. The van der Waals surface area contributed by atoms with E-state index in [-0.39, 0.29) is 30.2 Å². The molecule has 2 aromatic carbocycles. The van der Waals surface area contributed by atoms with Crippen LogP contribution in [0.15, 0.2) is 54.6 Å². The Balaban J connectivity index is 1.68. The number of ether oxygens (including phenoxy) is 1. The van der Waals surface area contributed by atoms with Crippen molar-refractivity contribution < 1.29 is 23.1 Å². The summed E-state index contributed by atoms with van der Waals surface area (Å²) in [6.07, 6.45) is 0. The summed E-state index contributed by atoms with van der Waals surface area (Å²) in [6.45, 7) is 0.331. The number of aromatic carboxylic acids is 1. The van der Waals surface area contributed by atoms with Gasteiger partial charge in [0.05, 0.1) is 30.1 Å². The number of carbonyl (C=O) groups is 1. The van der Waals surface area contributed by atoms with Gasteiger partial charge >= 0.3 is 16.2 Å². The van der Waals surface area contributed by atoms with E-state index in [9.17, 15) is 18.3 Å². The fraction of sp³-hybridized carbons (Fsp3) is 0.190. The van der Waals surface area contributed by atoms with Gasteiger partial charge in [-0.1, -0.05) is 41.9 Å². The Morgan fingerprint density at radius 3 is 2.39 bits per heavy atom. The average Bonchev–Trinajstić information content (AvgIpc) is 3.05. The molecule has 162 valence electrons. The number of anilines is 1. The minimum atomic E-state index is -3.92. The fourth-order valence-electron chi connectivity index (χ4n) is 3.68. The quantitative estimate of drug-likeness (QED) is 0.583. The van der Waals surface area contributed by atoms with Gasteiger partial charge in [0.25, 0.3) is 0 Å². The van der Waals surface area contributed by atoms with Gasteiger partial charge in [-0.2, -0.15) is 12.7 Å². The molecule has 1 aliphatic rings. The average molecular weight is 462 g/mol. The molecule has 0 atom stereocenters. The summed E-state index contributed by atoms with van der Waals surface area (Å²) in [7, 11) is -2.39. The first-order chi connectivity index (χ1) is 14.8. The van der Waals surface area contributed by atoms with Gasteiger partial charge in [0.2, 0.25) is 0 Å². The van der Waals surface area contributed by atoms with E-state index in [4.69, 9.17) is 16.3 Å². The summed E-state index contributed by atoms with van der Waals surface area (Å²) < 4.78 is 36.5. The number of halogens is 1. The van der Waals surface area contributed by atoms with Gasteiger partial charge in [0.1, 0.15) is 11.3 Å². The SMILES string of the molecule is COc1ccc(NS(=O)(=O)N2CCn3c(c(C(=O)O)c(Cl)c3-c3ccccc3)C2)cc1. The minimum absolute atomic E-state index is 0.0788. The molecule has 0 radical (unpaired) electrons. The Hall–Kier alpha value is -3.01. The van der Waals surface area contributed by atoms with Crippen LogP contribution in [0.25, 0.3) is 11.3 Å². The minimum Gasteiger partial charge on any atom is -0.497 e. The number of nitrogens with zero attached hydrogens (tertiary/aromatic N) is 2. The van der Waals surface area contributed by atoms with Crippen LogP contribution in [0.4, 0.5) is 5.69 Å². The van der Waals surface area contributed by atoms with Crippen LogP contribution in [-0.4, -0.2) is 42.0 Å². The van der Waals surface area contributed by atoms with Gasteiger partial charge in [0, 0.05) is 18.8 Å². The van der Waals surface area contributed by atoms with Crippen molar-refractivity contribution in [3.63, 3.8) is 0 Å². The lowest BCUT2D eigenvalue weighted by Gasteiger charge is -2.29. The highest BCUT2D eigenvalue weighted by Gasteiger charge is 2.34. The molecule has 4 rings (SSSR count). The van der Waals surface area contributed by atoms with E-state index in [1.807, 2.05) is 30.3 Å². The van der Waals surface area contributed by atoms with E-state index in [0.717, 1.165) is 5.56 Å². The Labute approximate surface area is 184 Å². The van der Waals surface area contributed by atoms with Crippen LogP contribution < -0.4 is 9.46 Å². The van der Waals surface area contributed by atoms with Gasteiger partial charge in [-0.25, -0.2) is 4.79 Å². The summed E-state index contributed by atoms with van der Waals surface area (Å²) in [5.74, 6) is -0.591. The van der Waals surface area contributed by atoms with Crippen molar-refractivity contribution in [2.45, 2.75) is 13.1 Å². The lowest BCUT2D eigenvalue weighted by Crippen LogP contribution is -2.41. The maximum Gasteiger partial charge on any atom is 0.339 e. The second-order valence-corrected chi connectivity index (χ2v) is 9.02. The van der Waals surface area contributed by atoms with Gasteiger partial charge < -0.3 is 14.4 Å². The summed E-state index contributed by atoms with van der Waals surface area (Å²) in [4.78, 5) is 12.0. The van der Waals surface area contributed by atoms with Crippen molar-refractivity contribution in [3.05, 3.63) is 70.9 Å². The Morgan fingerprint density at radius 2 is 1.77 bits per heavy atom. The molecule has 1 aromatic heterocycles. The third-order valence-corrected chi connectivity index (χ3v) is 7.00. The van der Waals surface area contributed by atoms with E-state index >= 15 is 0 Å². The molecule has 0 fully saturated rings. The first-order valence-electron chi connectivity index (χ1n) is 9.43. The van der Waals surface area contributed by atoms with Crippen molar-refractivity contribution in [3.8, 4) is 17.0 Å². The third-order valence-electron chi connectivity index (χ3n) is 5.15. The standard InChI is InChI=1S/C21H20ClN3O5S/c1-30-16-9-7-15(8-10-16)23-31(28,29)24-11-12-25-17(13-24)18(21(26)27)19(22)20(25)14-5-3-2-4-6-14/h2-10,23H,11-13H2,1H3,(H,26,27). The van der Waals surface area contributed by atoms with Gasteiger partial charge in [0.15, 0.2) is 0 Å². The normalized spacial score (nSPS) is 14.1. The highest BCUT2D eigenvalue weighted by molar-refractivity contribution is 7.90. The largest absolute Gasteiger partial charge is 0.497 e. The number of hydrogen-bond acceptors (Lipinski definition) is 4. The summed E-state index contributed by atoms with van der Waals surface area (Å²) in [6, 6.07) is 15.7. The third kappa shape index (κ3) is 3.99. The number of hydrogen-bond donors (Lipinski definition) is 2. The number of methoxy groups -OCH3 is 1. The monoisotopic (exact) mass is 461 g/mol. The molecule has 0 bridgehead atoms. The second kappa shape index (κ2) is 8.26. The Kier molecular flexibility index (Phi) is 5.65. The van der Waals surface area contributed by atoms with Crippen LogP contribution in [-0.2, 0) is 23.3 Å². The molecular formula is C21H20ClN3O5S. The second-order valence-electron chi connectivity index (χ2n) is 6.98. The molecule has 10 heteroatoms. The van der Waals surface area contributed by atoms with E-state index < -0.39 is 16.2 Å². The van der Waals surface area contributed by atoms with Crippen LogP contribution in [0.2, 0.25) is 5.02 Å². The Morgan fingerprint density at radius 1 is 1.10 bits per heavy atom. The fourth-order valence-corrected chi connectivity index (χ4v) is 5.25. The van der Waals surface area contributed by atoms with E-state index in [1.165, 1.54) is 11.4 Å². The topological polar surface area (TPSA) is 101 Å². The number of benzene rings is 2. The van der Waals surface area contributed by atoms with E-state index in [2.05, 4.69) is 4.72 Å². The predicted octanol–water partition coefficient (Wildman–Crippen LogP) is 3.69. The van der Waals surface area contributed by atoms with Crippen molar-refractivity contribution in [1.29, 1.82) is 0 Å². The number of aromatic nitrogens is 1. The Bertz CT molecular complexity index is 1220. The zero-order chi connectivity index (χ0) is 22.2. The first kappa shape index (κ1) is 21.2. The van der Waals surface area contributed by atoms with Gasteiger partial charge in [-0.3, -0.25) is 4.72 Å². The smallest absolute Gasteiger partial charge is 0.339 e. The molecule has 31 heavy (non-hydrogen) atoms. The summed E-state index contributed by atoms with van der Waals surface area (Å²) >= 11 is 6.47. The molecule has 2 N–H and O–H groups in total. The molecule has 3 aromatic rings. The maximum atomic E-state index is 13.0. The molecule has 0 spiro atoms. The number of carboxylic acid groups (broad SMARTS) is 1. The van der Waals surface area contributed by atoms with E-state index in [1.54, 1.807) is 28.8 Å². The number of nitrogens with one attached hydrogen (secondary N) is 1. The van der Waals surface area contributed by atoms with Crippen LogP contribution in [0.1, 0.15) is 16.1 Å². The molecule has 0 saturated carbocycles. The van der Waals surface area contributed by atoms with Crippen LogP contribution >= 0.6 is 11.6 Å². The molecule has 0 amide bonds. The predicted molar refractivity (Wildman–Crippen MR) is 118 cm³/mol. The van der Waals surface area contributed by atoms with E-state index in [0.29, 0.717) is 22.8 Å². The summed E-state index contributed by atoms with van der Waals surface area (Å²) in [5, 5.41) is 9.87. The molecule has 0 saturated heterocycles. The van der Waals surface area contributed by atoms with Gasteiger partial charge in [-0.15, -0.1) is 0 Å². The van der Waals surface area contributed by atoms with Crippen LogP contribution in [0, 0.1) is 0 Å². The molecule has 0 aliphatic carbocycles. The molecule has 8 nitrogen and oxygen atoms in total. The van der Waals surface area contributed by atoms with Crippen molar-refractivity contribution >= 4 is 33.5 Å². The van der Waals surface area contributed by atoms with Crippen LogP contribution in [0.3, 0.4) is 0 Å². The maximum absolute atomic E-state index is 13.0. The number of fused-ring (bicyclic) bond motifs is 1. The molecule has 0 unspecified atom stereocenters. The van der Waals surface area contributed by atoms with Gasteiger partial charge in [-0.05, 0) is 29.8 Å². The zero-order valence-corrected chi connectivity index (χ0v) is 18.2. The number of rotatable bonds is 6. The molecule has 1 aliphatic heterocycles. The first-order valence-corrected chi connectivity index (χ1v) is 11.2. The highest BCUT2D eigenvalue weighted by Crippen LogP contribution is 2.38.